The second kappa shape index (κ2) is 8.45. The van der Waals surface area contributed by atoms with Gasteiger partial charge in [-0.15, -0.1) is 0 Å². The van der Waals surface area contributed by atoms with E-state index in [1.54, 1.807) is 39.1 Å². The molecule has 1 aromatic carbocycles. The predicted molar refractivity (Wildman–Crippen MR) is 119 cm³/mol. The van der Waals surface area contributed by atoms with Crippen molar-refractivity contribution in [3.05, 3.63) is 30.7 Å². The summed E-state index contributed by atoms with van der Waals surface area (Å²) >= 11 is 0. The van der Waals surface area contributed by atoms with Gasteiger partial charge in [-0.25, -0.2) is 14.8 Å². The fourth-order valence-corrected chi connectivity index (χ4v) is 3.08. The van der Waals surface area contributed by atoms with Gasteiger partial charge in [-0.1, -0.05) is 0 Å². The van der Waals surface area contributed by atoms with Crippen LogP contribution >= 0.6 is 0 Å². The van der Waals surface area contributed by atoms with Crippen LogP contribution in [0.1, 0.15) is 40.5 Å². The van der Waals surface area contributed by atoms with Crippen LogP contribution in [-0.4, -0.2) is 44.0 Å². The molecule has 0 radical (unpaired) electrons. The van der Waals surface area contributed by atoms with Crippen LogP contribution in [0.2, 0.25) is 0 Å². The van der Waals surface area contributed by atoms with Gasteiger partial charge in [0, 0.05) is 23.4 Å². The Hall–Kier alpha value is -3.69. The zero-order chi connectivity index (χ0) is 22.9. The molecule has 0 atom stereocenters. The highest BCUT2D eigenvalue weighted by atomic mass is 16.6. The molecule has 4 rings (SSSR count). The van der Waals surface area contributed by atoms with Gasteiger partial charge >= 0.3 is 6.09 Å². The Morgan fingerprint density at radius 1 is 1.16 bits per heavy atom. The summed E-state index contributed by atoms with van der Waals surface area (Å²) in [6.45, 7) is 7.69. The molecule has 0 saturated heterocycles. The molecule has 2 N–H and O–H groups in total. The molecule has 3 aromatic rings. The number of aromatic nitrogens is 4. The van der Waals surface area contributed by atoms with Crippen molar-refractivity contribution in [3.63, 3.8) is 0 Å². The van der Waals surface area contributed by atoms with E-state index in [0.717, 1.165) is 18.2 Å². The normalized spacial score (nSPS) is 13.6. The first-order valence-corrected chi connectivity index (χ1v) is 10.5. The molecule has 0 aliphatic heterocycles. The largest absolute Gasteiger partial charge is 0.492 e. The monoisotopic (exact) mass is 438 g/mol. The lowest BCUT2D eigenvalue weighted by Crippen LogP contribution is -2.27. The lowest BCUT2D eigenvalue weighted by atomic mass is 10.2. The molecule has 0 spiro atoms. The average Bonchev–Trinajstić information content (AvgIpc) is 3.48. The molecule has 1 amide bonds. The summed E-state index contributed by atoms with van der Waals surface area (Å²) in [5, 5.41) is 10.9. The maximum Gasteiger partial charge on any atom is 0.435 e. The van der Waals surface area contributed by atoms with E-state index in [1.165, 1.54) is 11.0 Å². The Morgan fingerprint density at radius 3 is 2.59 bits per heavy atom. The lowest BCUT2D eigenvalue weighted by molar-refractivity contribution is -0.117. The maximum atomic E-state index is 12.5. The molecule has 2 heterocycles. The second-order valence-corrected chi connectivity index (χ2v) is 8.55. The van der Waals surface area contributed by atoms with Gasteiger partial charge in [-0.3, -0.25) is 4.79 Å². The summed E-state index contributed by atoms with van der Waals surface area (Å²) in [7, 11) is 0. The van der Waals surface area contributed by atoms with E-state index < -0.39 is 11.7 Å². The summed E-state index contributed by atoms with van der Waals surface area (Å²) in [5.41, 5.74) is 0.564. The zero-order valence-corrected chi connectivity index (χ0v) is 18.5. The Balaban J connectivity index is 1.62. The number of hydrogen-bond acceptors (Lipinski definition) is 8. The number of nitrogens with one attached hydrogen (secondary N) is 2. The number of carbonyl (C=O) groups is 2. The first-order valence-electron chi connectivity index (χ1n) is 10.5. The highest BCUT2D eigenvalue weighted by Crippen LogP contribution is 2.33. The molecule has 1 saturated carbocycles. The van der Waals surface area contributed by atoms with Crippen LogP contribution in [0.15, 0.2) is 30.7 Å². The van der Waals surface area contributed by atoms with Crippen molar-refractivity contribution in [2.75, 3.05) is 17.2 Å². The van der Waals surface area contributed by atoms with E-state index >= 15 is 0 Å². The summed E-state index contributed by atoms with van der Waals surface area (Å²) < 4.78 is 12.4. The molecule has 0 bridgehead atoms. The SMILES string of the molecule is CCOc1cc2c(cnn2C(=O)OC(C)(C)C)cc1Nc1cc(NC(=O)C2CC2)ncn1. The van der Waals surface area contributed by atoms with E-state index in [0.29, 0.717) is 35.2 Å². The van der Waals surface area contributed by atoms with E-state index in [9.17, 15) is 9.59 Å². The number of anilines is 3. The summed E-state index contributed by atoms with van der Waals surface area (Å²) in [4.78, 5) is 32.9. The van der Waals surface area contributed by atoms with Crippen LogP contribution in [-0.2, 0) is 9.53 Å². The molecular formula is C22H26N6O4. The van der Waals surface area contributed by atoms with Crippen molar-refractivity contribution in [1.82, 2.24) is 19.7 Å². The van der Waals surface area contributed by atoms with Crippen LogP contribution in [0.4, 0.5) is 22.1 Å². The maximum absolute atomic E-state index is 12.5. The highest BCUT2D eigenvalue weighted by Gasteiger charge is 2.29. The third-order valence-corrected chi connectivity index (χ3v) is 4.66. The minimum Gasteiger partial charge on any atom is -0.492 e. The number of carbonyl (C=O) groups excluding carboxylic acids is 2. The predicted octanol–water partition coefficient (Wildman–Crippen LogP) is 4.10. The number of ether oxygens (including phenoxy) is 2. The van der Waals surface area contributed by atoms with Gasteiger partial charge < -0.3 is 20.1 Å². The zero-order valence-electron chi connectivity index (χ0n) is 18.5. The molecule has 2 aromatic heterocycles. The second-order valence-electron chi connectivity index (χ2n) is 8.55. The van der Waals surface area contributed by atoms with Gasteiger partial charge in [0.2, 0.25) is 5.91 Å². The first-order chi connectivity index (χ1) is 15.2. The number of fused-ring (bicyclic) bond motifs is 1. The van der Waals surface area contributed by atoms with E-state index in [-0.39, 0.29) is 11.8 Å². The van der Waals surface area contributed by atoms with Crippen LogP contribution in [0.3, 0.4) is 0 Å². The number of benzene rings is 1. The third-order valence-electron chi connectivity index (χ3n) is 4.66. The molecule has 1 fully saturated rings. The van der Waals surface area contributed by atoms with Crippen molar-refractivity contribution in [2.24, 2.45) is 5.92 Å². The number of nitrogens with zero attached hydrogens (tertiary/aromatic N) is 4. The van der Waals surface area contributed by atoms with Crippen molar-refractivity contribution in [1.29, 1.82) is 0 Å². The van der Waals surface area contributed by atoms with Crippen LogP contribution in [0, 0.1) is 5.92 Å². The molecule has 32 heavy (non-hydrogen) atoms. The number of rotatable bonds is 6. The van der Waals surface area contributed by atoms with Crippen molar-refractivity contribution >= 4 is 40.2 Å². The summed E-state index contributed by atoms with van der Waals surface area (Å²) in [6.07, 6.45) is 4.22. The quantitative estimate of drug-likeness (QED) is 0.590. The van der Waals surface area contributed by atoms with Crippen LogP contribution in [0.5, 0.6) is 5.75 Å². The Kier molecular flexibility index (Phi) is 5.68. The van der Waals surface area contributed by atoms with Gasteiger partial charge in [0.15, 0.2) is 0 Å². The minimum atomic E-state index is -0.640. The topological polar surface area (TPSA) is 120 Å². The van der Waals surface area contributed by atoms with E-state index in [1.807, 2.05) is 13.0 Å². The Bertz CT molecular complexity index is 1160. The molecule has 0 unspecified atom stereocenters. The molecular weight excluding hydrogens is 412 g/mol. The van der Waals surface area contributed by atoms with Crippen LogP contribution in [0.25, 0.3) is 10.9 Å². The average molecular weight is 438 g/mol. The van der Waals surface area contributed by atoms with Gasteiger partial charge in [-0.2, -0.15) is 9.78 Å². The minimum absolute atomic E-state index is 0.0272. The fraction of sp³-hybridized carbons (Fsp3) is 0.409. The van der Waals surface area contributed by atoms with Crippen molar-refractivity contribution < 1.29 is 19.1 Å². The van der Waals surface area contributed by atoms with Gasteiger partial charge in [-0.05, 0) is 46.6 Å². The lowest BCUT2D eigenvalue weighted by Gasteiger charge is -2.19. The smallest absolute Gasteiger partial charge is 0.435 e. The molecule has 1 aliphatic rings. The summed E-state index contributed by atoms with van der Waals surface area (Å²) in [6, 6.07) is 5.21. The molecule has 10 nitrogen and oxygen atoms in total. The molecule has 1 aliphatic carbocycles. The highest BCUT2D eigenvalue weighted by molar-refractivity contribution is 5.94. The standard InChI is InChI=1S/C22H26N6O4/c1-5-31-17-9-16-14(11-25-28(16)21(30)32-22(2,3)4)8-15(17)26-18-10-19(24-12-23-18)27-20(29)13-6-7-13/h8-13H,5-7H2,1-4H3,(H2,23,24,26,27,29). The van der Waals surface area contributed by atoms with Crippen molar-refractivity contribution in [3.8, 4) is 5.75 Å². The third kappa shape index (κ3) is 4.96. The summed E-state index contributed by atoms with van der Waals surface area (Å²) in [5.74, 6) is 1.49. The first kappa shape index (κ1) is 21.5. The van der Waals surface area contributed by atoms with E-state index in [4.69, 9.17) is 9.47 Å². The Morgan fingerprint density at radius 2 is 1.91 bits per heavy atom. The van der Waals surface area contributed by atoms with Crippen molar-refractivity contribution in [2.45, 2.75) is 46.1 Å². The fourth-order valence-electron chi connectivity index (χ4n) is 3.08. The van der Waals surface area contributed by atoms with Crippen LogP contribution < -0.4 is 15.4 Å². The van der Waals surface area contributed by atoms with Gasteiger partial charge in [0.05, 0.1) is 24.0 Å². The van der Waals surface area contributed by atoms with E-state index in [2.05, 4.69) is 25.7 Å². The Labute approximate surface area is 185 Å². The van der Waals surface area contributed by atoms with Gasteiger partial charge in [0.1, 0.15) is 29.3 Å². The molecule has 168 valence electrons. The van der Waals surface area contributed by atoms with Gasteiger partial charge in [0.25, 0.3) is 0 Å². The number of hydrogen-bond donors (Lipinski definition) is 2. The number of amides is 1. The molecule has 10 heteroatoms.